The number of halogens is 1. The van der Waals surface area contributed by atoms with Gasteiger partial charge < -0.3 is 20.1 Å². The fraction of sp³-hybridized carbons (Fsp3) is 0.300. The minimum Gasteiger partial charge on any atom is -0.493 e. The van der Waals surface area contributed by atoms with Gasteiger partial charge in [-0.2, -0.15) is 5.26 Å². The standard InChI is InChI=1S/C20H21ClN4O4/c1-5-28-18-13(11(2)29-20(23)27)8-15(21)14(9-22)17(18)12-6-7-16(24-10-12)19(26)25(3)4/h6-8,10-11H,5H2,1-4H3,(H2,23,27). The van der Waals surface area contributed by atoms with Crippen LogP contribution in [0.15, 0.2) is 24.4 Å². The molecule has 1 aromatic heterocycles. The lowest BCUT2D eigenvalue weighted by molar-refractivity contribution is 0.0822. The molecule has 0 fully saturated rings. The second-order valence-electron chi connectivity index (χ2n) is 6.28. The molecule has 29 heavy (non-hydrogen) atoms. The van der Waals surface area contributed by atoms with E-state index in [4.69, 9.17) is 26.8 Å². The zero-order valence-electron chi connectivity index (χ0n) is 16.5. The number of nitrogens with zero attached hydrogens (tertiary/aromatic N) is 3. The predicted molar refractivity (Wildman–Crippen MR) is 108 cm³/mol. The Morgan fingerprint density at radius 2 is 2.07 bits per heavy atom. The maximum atomic E-state index is 12.1. The predicted octanol–water partition coefficient (Wildman–Crippen LogP) is 3.53. The number of primary amides is 1. The van der Waals surface area contributed by atoms with Crippen molar-refractivity contribution in [3.8, 4) is 22.9 Å². The zero-order chi connectivity index (χ0) is 21.7. The Morgan fingerprint density at radius 1 is 1.38 bits per heavy atom. The quantitative estimate of drug-likeness (QED) is 0.769. The Balaban J connectivity index is 2.71. The third-order valence-electron chi connectivity index (χ3n) is 4.07. The summed E-state index contributed by atoms with van der Waals surface area (Å²) in [6.45, 7) is 3.69. The van der Waals surface area contributed by atoms with E-state index in [1.165, 1.54) is 17.2 Å². The van der Waals surface area contributed by atoms with Gasteiger partial charge in [0.2, 0.25) is 0 Å². The fourth-order valence-electron chi connectivity index (χ4n) is 2.77. The smallest absolute Gasteiger partial charge is 0.405 e. The van der Waals surface area contributed by atoms with E-state index in [1.807, 2.05) is 0 Å². The van der Waals surface area contributed by atoms with Gasteiger partial charge in [-0.25, -0.2) is 4.79 Å². The number of pyridine rings is 1. The Morgan fingerprint density at radius 3 is 2.55 bits per heavy atom. The highest BCUT2D eigenvalue weighted by Crippen LogP contribution is 2.43. The van der Waals surface area contributed by atoms with E-state index >= 15 is 0 Å². The summed E-state index contributed by atoms with van der Waals surface area (Å²) in [7, 11) is 3.25. The lowest BCUT2D eigenvalue weighted by Crippen LogP contribution is -2.22. The van der Waals surface area contributed by atoms with Crippen molar-refractivity contribution in [2.24, 2.45) is 5.73 Å². The lowest BCUT2D eigenvalue weighted by Gasteiger charge is -2.21. The number of hydrogen-bond acceptors (Lipinski definition) is 6. The zero-order valence-corrected chi connectivity index (χ0v) is 17.3. The molecule has 0 bridgehead atoms. The van der Waals surface area contributed by atoms with E-state index in [9.17, 15) is 14.9 Å². The van der Waals surface area contributed by atoms with Crippen molar-refractivity contribution in [2.75, 3.05) is 20.7 Å². The van der Waals surface area contributed by atoms with Gasteiger partial charge in [0.25, 0.3) is 5.91 Å². The van der Waals surface area contributed by atoms with Crippen molar-refractivity contribution >= 4 is 23.6 Å². The van der Waals surface area contributed by atoms with Gasteiger partial charge in [-0.1, -0.05) is 17.7 Å². The second-order valence-corrected chi connectivity index (χ2v) is 6.69. The molecule has 0 aliphatic heterocycles. The number of nitrogens with two attached hydrogens (primary N) is 1. The molecule has 0 aliphatic carbocycles. The molecule has 0 aliphatic rings. The summed E-state index contributed by atoms with van der Waals surface area (Å²) in [6, 6.07) is 6.80. The second kappa shape index (κ2) is 9.26. The van der Waals surface area contributed by atoms with Crippen LogP contribution in [0.4, 0.5) is 4.79 Å². The highest BCUT2D eigenvalue weighted by atomic mass is 35.5. The van der Waals surface area contributed by atoms with Gasteiger partial charge in [0.15, 0.2) is 0 Å². The first-order chi connectivity index (χ1) is 13.7. The number of nitriles is 1. The van der Waals surface area contributed by atoms with Gasteiger partial charge in [-0.05, 0) is 26.0 Å². The molecule has 1 heterocycles. The van der Waals surface area contributed by atoms with Crippen LogP contribution >= 0.6 is 11.6 Å². The molecule has 2 amide bonds. The van der Waals surface area contributed by atoms with Crippen LogP contribution in [0.25, 0.3) is 11.1 Å². The molecule has 0 saturated carbocycles. The van der Waals surface area contributed by atoms with E-state index in [1.54, 1.807) is 40.1 Å². The molecule has 2 N–H and O–H groups in total. The van der Waals surface area contributed by atoms with Crippen molar-refractivity contribution in [3.05, 3.63) is 46.2 Å². The highest BCUT2D eigenvalue weighted by molar-refractivity contribution is 6.32. The van der Waals surface area contributed by atoms with Crippen LogP contribution in [0.2, 0.25) is 5.02 Å². The molecular formula is C20H21ClN4O4. The number of rotatable bonds is 6. The van der Waals surface area contributed by atoms with Crippen LogP contribution in [0.5, 0.6) is 5.75 Å². The average molecular weight is 417 g/mol. The van der Waals surface area contributed by atoms with Gasteiger partial charge >= 0.3 is 6.09 Å². The minimum atomic E-state index is -0.949. The minimum absolute atomic E-state index is 0.161. The fourth-order valence-corrected chi connectivity index (χ4v) is 3.03. The molecular weight excluding hydrogens is 396 g/mol. The van der Waals surface area contributed by atoms with E-state index in [0.29, 0.717) is 29.0 Å². The summed E-state index contributed by atoms with van der Waals surface area (Å²) in [5, 5.41) is 9.83. The number of benzene rings is 1. The number of amides is 2. The topological polar surface area (TPSA) is 119 Å². The van der Waals surface area contributed by atoms with Gasteiger partial charge in [0.1, 0.15) is 23.6 Å². The highest BCUT2D eigenvalue weighted by Gasteiger charge is 2.25. The Kier molecular flexibility index (Phi) is 7.02. The van der Waals surface area contributed by atoms with E-state index in [0.717, 1.165) is 0 Å². The maximum Gasteiger partial charge on any atom is 0.405 e. The summed E-state index contributed by atoms with van der Waals surface area (Å²) >= 11 is 6.33. The molecule has 0 radical (unpaired) electrons. The van der Waals surface area contributed by atoms with Gasteiger partial charge in [-0.3, -0.25) is 9.78 Å². The first-order valence-corrected chi connectivity index (χ1v) is 9.12. The van der Waals surface area contributed by atoms with Crippen LogP contribution in [-0.2, 0) is 4.74 Å². The van der Waals surface area contributed by atoms with Gasteiger partial charge in [0, 0.05) is 37.0 Å². The number of aromatic nitrogens is 1. The molecule has 0 spiro atoms. The SMILES string of the molecule is CCOc1c(C(C)OC(N)=O)cc(Cl)c(C#N)c1-c1ccc(C(=O)N(C)C)nc1. The van der Waals surface area contributed by atoms with Gasteiger partial charge in [0.05, 0.1) is 17.2 Å². The van der Waals surface area contributed by atoms with Gasteiger partial charge in [-0.15, -0.1) is 0 Å². The molecule has 8 nitrogen and oxygen atoms in total. The largest absolute Gasteiger partial charge is 0.493 e. The summed E-state index contributed by atoms with van der Waals surface area (Å²) in [5.41, 5.74) is 6.94. The molecule has 152 valence electrons. The molecule has 0 saturated heterocycles. The molecule has 9 heteroatoms. The molecule has 1 unspecified atom stereocenters. The van der Waals surface area contributed by atoms with Crippen LogP contribution in [0.1, 0.15) is 41.6 Å². The molecule has 1 aromatic carbocycles. The number of hydrogen-bond donors (Lipinski definition) is 1. The van der Waals surface area contributed by atoms with Crippen molar-refractivity contribution < 1.29 is 19.1 Å². The first-order valence-electron chi connectivity index (χ1n) is 8.74. The Bertz CT molecular complexity index is 968. The van der Waals surface area contributed by atoms with Crippen molar-refractivity contribution in [1.29, 1.82) is 5.26 Å². The maximum absolute atomic E-state index is 12.1. The third kappa shape index (κ3) is 4.76. The summed E-state index contributed by atoms with van der Waals surface area (Å²) < 4.78 is 10.9. The van der Waals surface area contributed by atoms with Crippen LogP contribution in [0, 0.1) is 11.3 Å². The molecule has 2 aromatic rings. The Hall–Kier alpha value is -3.31. The van der Waals surface area contributed by atoms with Crippen molar-refractivity contribution in [1.82, 2.24) is 9.88 Å². The lowest BCUT2D eigenvalue weighted by atomic mass is 9.95. The molecule has 2 rings (SSSR count). The van der Waals surface area contributed by atoms with E-state index in [2.05, 4.69) is 11.1 Å². The van der Waals surface area contributed by atoms with E-state index < -0.39 is 12.2 Å². The summed E-state index contributed by atoms with van der Waals surface area (Å²) in [6.07, 6.45) is -0.245. The summed E-state index contributed by atoms with van der Waals surface area (Å²) in [4.78, 5) is 28.9. The van der Waals surface area contributed by atoms with Crippen molar-refractivity contribution in [2.45, 2.75) is 20.0 Å². The molecule has 1 atom stereocenters. The number of ether oxygens (including phenoxy) is 2. The average Bonchev–Trinajstić information content (AvgIpc) is 2.67. The number of carbonyl (C=O) groups excluding carboxylic acids is 2. The first kappa shape index (κ1) is 22.0. The van der Waals surface area contributed by atoms with E-state index in [-0.39, 0.29) is 22.2 Å². The normalized spacial score (nSPS) is 11.3. The number of carbonyl (C=O) groups is 2. The van der Waals surface area contributed by atoms with Crippen molar-refractivity contribution in [3.63, 3.8) is 0 Å². The van der Waals surface area contributed by atoms with Crippen LogP contribution < -0.4 is 10.5 Å². The third-order valence-corrected chi connectivity index (χ3v) is 4.37. The van der Waals surface area contributed by atoms with Crippen LogP contribution in [0.3, 0.4) is 0 Å². The Labute approximate surface area is 173 Å². The monoisotopic (exact) mass is 416 g/mol. The summed E-state index contributed by atoms with van der Waals surface area (Å²) in [5.74, 6) is 0.0769. The van der Waals surface area contributed by atoms with Crippen LogP contribution in [-0.4, -0.2) is 42.6 Å².